The van der Waals surface area contributed by atoms with Crippen molar-refractivity contribution in [3.8, 4) is 0 Å². The number of phosphoric acid groups is 1. The van der Waals surface area contributed by atoms with Crippen molar-refractivity contribution in [1.82, 2.24) is 39.0 Å². The van der Waals surface area contributed by atoms with Crippen LogP contribution >= 0.6 is 46.5 Å². The molecule has 11 atom stereocenters. The van der Waals surface area contributed by atoms with Gasteiger partial charge in [0.25, 0.3) is 0 Å². The molecule has 0 aliphatic carbocycles. The van der Waals surface area contributed by atoms with E-state index < -0.39 is 91.2 Å². The Morgan fingerprint density at radius 1 is 0.717 bits per heavy atom. The Balaban J connectivity index is 1.04. The number of ether oxygens (including phenoxy) is 2. The Morgan fingerprint density at radius 3 is 1.58 bits per heavy atom. The smallest absolute Gasteiger partial charge is 0.387 e. The van der Waals surface area contributed by atoms with Gasteiger partial charge in [-0.15, -0.1) is 0 Å². The number of fused-ring (bicyclic) bond motifs is 2. The van der Waals surface area contributed by atoms with Crippen molar-refractivity contribution in [2.75, 3.05) is 43.1 Å². The molecule has 2 saturated heterocycles. The maximum atomic E-state index is 12.8. The average Bonchev–Trinajstić information content (AvgIpc) is 3.83. The fraction of sp³-hybridized carbons (Fsp3) is 0.565. The zero-order chi connectivity index (χ0) is 38.6. The fourth-order valence-electron chi connectivity index (χ4n) is 5.42. The molecule has 6 heterocycles. The van der Waals surface area contributed by atoms with Crippen LogP contribution in [0.25, 0.3) is 22.3 Å². The monoisotopic (exact) mass is 846 g/mol. The second-order valence-electron chi connectivity index (χ2n) is 11.5. The van der Waals surface area contributed by atoms with Crippen molar-refractivity contribution in [3.63, 3.8) is 0 Å². The lowest BCUT2D eigenvalue weighted by Gasteiger charge is -2.21. The highest BCUT2D eigenvalue weighted by atomic mass is 32.2. The number of phosphoric ester groups is 1. The Hall–Kier alpha value is -2.39. The largest absolute Gasteiger partial charge is 0.479 e. The number of hydrogen-bond donors (Lipinski definition) is 9. The highest BCUT2D eigenvalue weighted by molar-refractivity contribution is 7.98. The van der Waals surface area contributed by atoms with Crippen LogP contribution < -0.4 is 11.5 Å². The molecule has 0 radical (unpaired) electrons. The number of nitrogens with zero attached hydrogens (tertiary/aromatic N) is 8. The second-order valence-corrected chi connectivity index (χ2v) is 18.8. The lowest BCUT2D eigenvalue weighted by molar-refractivity contribution is -0.0502. The van der Waals surface area contributed by atoms with Gasteiger partial charge >= 0.3 is 23.0 Å². The summed E-state index contributed by atoms with van der Waals surface area (Å²) in [5.74, 6) is -1.63. The fourth-order valence-corrected chi connectivity index (χ4v) is 11.2. The number of nitrogen functional groups attached to an aromatic ring is 2. The van der Waals surface area contributed by atoms with E-state index in [2.05, 4.69) is 34.2 Å². The summed E-state index contributed by atoms with van der Waals surface area (Å²) in [6, 6.07) is 0. The molecule has 0 spiro atoms. The summed E-state index contributed by atoms with van der Waals surface area (Å²) < 4.78 is 65.7. The molecule has 3 unspecified atom stereocenters. The molecule has 53 heavy (non-hydrogen) atoms. The molecular weight excluding hydrogens is 813 g/mol. The topological polar surface area (TPSA) is 378 Å². The maximum Gasteiger partial charge on any atom is 0.479 e. The Bertz CT molecular complexity index is 2000. The van der Waals surface area contributed by atoms with Gasteiger partial charge in [0, 0.05) is 0 Å². The van der Waals surface area contributed by atoms with Gasteiger partial charge in [-0.1, -0.05) is 23.5 Å². The molecule has 25 nitrogen and oxygen atoms in total. The van der Waals surface area contributed by atoms with Crippen molar-refractivity contribution in [1.29, 1.82) is 0 Å². The minimum atomic E-state index is -5.52. The normalized spacial score (nSPS) is 29.8. The standard InChI is InChI=1S/C23H33N10O15P3S2/c1-52-22-28-16(24)10-18(30-22)32(5-26-10)20-14(36)12(34)8(46-20)3-44-49(38,39)7-50(40,41)48-51(42,43)45-4-9-13(35)15(37)21(47-9)33-6-27-11-17(25)29-23(53-2)31-19(11)33/h5-6,8-9,12-15,20-21,34-37H,3-4,7H2,1-2H3,(H,38,39)(H,40,41)(H,42,43)(H2,24,28,30)(H2,25,29,31)/t8-,9-,12-,13-,14-,15-,20-,21-/m1/s1. The van der Waals surface area contributed by atoms with Gasteiger partial charge in [0.15, 0.2) is 51.6 Å². The zero-order valence-electron chi connectivity index (χ0n) is 27.2. The number of aliphatic hydroxyl groups is 4. The number of rotatable bonds is 14. The summed E-state index contributed by atoms with van der Waals surface area (Å²) in [6.07, 6.45) is -6.48. The van der Waals surface area contributed by atoms with Crippen LogP contribution in [0.15, 0.2) is 23.0 Å². The number of nitrogens with two attached hydrogens (primary N) is 2. The SMILES string of the molecule is CSc1nc(N)c2ncn([C@@H]3O[C@H](COP(=O)(O)CP(=O)(O)OP(=O)(O)OC[C@H]4O[C@@H](n5cnc6c(N)nc(SC)nc65)[C@H](O)[C@@H]4O)[C@@H](O)[C@H]3O)c2n1. The number of imidazole rings is 2. The minimum absolute atomic E-state index is 0.0407. The average molecular weight is 847 g/mol. The predicted octanol–water partition coefficient (Wildman–Crippen LogP) is -1.01. The van der Waals surface area contributed by atoms with Crippen LogP contribution in [0.1, 0.15) is 12.5 Å². The molecule has 0 saturated carbocycles. The van der Waals surface area contributed by atoms with Crippen LogP contribution in [0.2, 0.25) is 0 Å². The van der Waals surface area contributed by atoms with Gasteiger partial charge in [0.1, 0.15) is 47.7 Å². The Kier molecular flexibility index (Phi) is 11.6. The number of hydrogen-bond acceptors (Lipinski definition) is 22. The zero-order valence-corrected chi connectivity index (χ0v) is 31.5. The first-order valence-corrected chi connectivity index (χ1v) is 22.4. The van der Waals surface area contributed by atoms with Gasteiger partial charge in [-0.2, -0.15) is 0 Å². The lowest BCUT2D eigenvalue weighted by atomic mass is 10.1. The van der Waals surface area contributed by atoms with Gasteiger partial charge in [0.05, 0.1) is 25.9 Å². The molecule has 30 heteroatoms. The molecular formula is C23H33N10O15P3S2. The first kappa shape index (κ1) is 40.3. The number of aromatic nitrogens is 8. The summed E-state index contributed by atoms with van der Waals surface area (Å²) >= 11 is 2.35. The third-order valence-corrected chi connectivity index (χ3v) is 14.7. The minimum Gasteiger partial charge on any atom is -0.387 e. The van der Waals surface area contributed by atoms with Crippen molar-refractivity contribution in [2.24, 2.45) is 0 Å². The third kappa shape index (κ3) is 8.41. The summed E-state index contributed by atoms with van der Waals surface area (Å²) in [5, 5.41) is 43.0. The Morgan fingerprint density at radius 2 is 1.15 bits per heavy atom. The van der Waals surface area contributed by atoms with Crippen molar-refractivity contribution < 1.29 is 71.6 Å². The number of anilines is 2. The van der Waals surface area contributed by atoms with Gasteiger partial charge < -0.3 is 60.6 Å². The van der Waals surface area contributed by atoms with E-state index in [1.165, 1.54) is 45.3 Å². The van der Waals surface area contributed by atoms with Crippen LogP contribution in [-0.2, 0) is 36.5 Å². The molecule has 4 aromatic rings. The van der Waals surface area contributed by atoms with Gasteiger partial charge in [0.2, 0.25) is 0 Å². The van der Waals surface area contributed by atoms with E-state index in [9.17, 15) is 48.8 Å². The summed E-state index contributed by atoms with van der Waals surface area (Å²) in [5.41, 5.74) is 12.5. The van der Waals surface area contributed by atoms with E-state index in [1.54, 1.807) is 12.5 Å². The molecule has 2 fully saturated rings. The lowest BCUT2D eigenvalue weighted by Crippen LogP contribution is -2.33. The molecule has 0 aromatic carbocycles. The molecule has 2 aliphatic heterocycles. The number of aliphatic hydroxyl groups excluding tert-OH is 4. The van der Waals surface area contributed by atoms with Gasteiger partial charge in [-0.3, -0.25) is 22.8 Å². The Labute approximate surface area is 305 Å². The van der Waals surface area contributed by atoms with Crippen LogP contribution in [-0.4, -0.2) is 142 Å². The molecule has 11 N–H and O–H groups in total. The predicted molar refractivity (Wildman–Crippen MR) is 182 cm³/mol. The molecule has 0 bridgehead atoms. The van der Waals surface area contributed by atoms with E-state index in [4.69, 9.17) is 30.0 Å². The van der Waals surface area contributed by atoms with Gasteiger partial charge in [-0.25, -0.2) is 38.8 Å². The van der Waals surface area contributed by atoms with E-state index in [1.807, 2.05) is 0 Å². The first-order chi connectivity index (χ1) is 24.8. The summed E-state index contributed by atoms with van der Waals surface area (Å²) in [7, 11) is -16.1. The highest BCUT2D eigenvalue weighted by Crippen LogP contribution is 2.66. The van der Waals surface area contributed by atoms with E-state index in [-0.39, 0.29) is 44.3 Å². The van der Waals surface area contributed by atoms with E-state index >= 15 is 0 Å². The van der Waals surface area contributed by atoms with Crippen LogP contribution in [0, 0.1) is 0 Å². The molecule has 0 amide bonds. The third-order valence-electron chi connectivity index (χ3n) is 7.87. The molecule has 6 rings (SSSR count). The quantitative estimate of drug-likeness (QED) is 0.0417. The summed E-state index contributed by atoms with van der Waals surface area (Å²) in [4.78, 5) is 55.6. The number of thioether (sulfide) groups is 2. The van der Waals surface area contributed by atoms with Crippen LogP contribution in [0.5, 0.6) is 0 Å². The van der Waals surface area contributed by atoms with Crippen LogP contribution in [0.3, 0.4) is 0 Å². The maximum absolute atomic E-state index is 12.8. The molecule has 4 aromatic heterocycles. The first-order valence-electron chi connectivity index (χ1n) is 14.9. The van der Waals surface area contributed by atoms with Crippen molar-refractivity contribution >= 4 is 80.5 Å². The van der Waals surface area contributed by atoms with E-state index in [0.717, 1.165) is 0 Å². The van der Waals surface area contributed by atoms with E-state index in [0.29, 0.717) is 0 Å². The highest BCUT2D eigenvalue weighted by Gasteiger charge is 2.48. The van der Waals surface area contributed by atoms with Crippen molar-refractivity contribution in [3.05, 3.63) is 12.7 Å². The summed E-state index contributed by atoms with van der Waals surface area (Å²) in [6.45, 7) is -1.88. The second kappa shape index (κ2) is 15.3. The van der Waals surface area contributed by atoms with Crippen molar-refractivity contribution in [2.45, 2.75) is 59.4 Å². The van der Waals surface area contributed by atoms with Gasteiger partial charge in [-0.05, 0) is 12.5 Å². The van der Waals surface area contributed by atoms with Crippen LogP contribution in [0.4, 0.5) is 11.6 Å². The molecule has 292 valence electrons. The molecule has 2 aliphatic rings.